The van der Waals surface area contributed by atoms with E-state index < -0.39 is 0 Å². The van der Waals surface area contributed by atoms with Crippen molar-refractivity contribution in [1.29, 1.82) is 0 Å². The molecule has 0 amide bonds. The van der Waals surface area contributed by atoms with Crippen LogP contribution in [-0.2, 0) is 0 Å². The van der Waals surface area contributed by atoms with Crippen LogP contribution in [-0.4, -0.2) is 6.91 Å². The van der Waals surface area contributed by atoms with Gasteiger partial charge in [-0.1, -0.05) is 0 Å². The Morgan fingerprint density at radius 1 is 0.824 bits per heavy atom. The van der Waals surface area contributed by atoms with Gasteiger partial charge in [-0.3, -0.25) is 0 Å². The maximum atomic E-state index is 5.61. The van der Waals surface area contributed by atoms with Crippen LogP contribution in [0.25, 0.3) is 22.3 Å². The molecule has 0 aliphatic rings. The number of rotatable bonds is 2. The van der Waals surface area contributed by atoms with Gasteiger partial charge in [0.25, 0.3) is 0 Å². The predicted octanol–water partition coefficient (Wildman–Crippen LogP) is 3.95. The zero-order valence-corrected chi connectivity index (χ0v) is 9.34. The molecule has 0 aliphatic heterocycles. The summed E-state index contributed by atoms with van der Waals surface area (Å²) in [6.45, 7) is 2.05. The first-order valence-electron chi connectivity index (χ1n) is 5.63. The van der Waals surface area contributed by atoms with E-state index in [-0.39, 0.29) is 0 Å². The van der Waals surface area contributed by atoms with Crippen LogP contribution < -0.4 is 0 Å². The number of benzene rings is 1. The van der Waals surface area contributed by atoms with Gasteiger partial charge >= 0.3 is 100 Å². The van der Waals surface area contributed by atoms with Gasteiger partial charge < -0.3 is 0 Å². The second kappa shape index (κ2) is 4.42. The van der Waals surface area contributed by atoms with Crippen LogP contribution in [0.15, 0.2) is 71.2 Å². The summed E-state index contributed by atoms with van der Waals surface area (Å²) >= 11 is 0. The van der Waals surface area contributed by atoms with E-state index in [4.69, 9.17) is 4.42 Å². The van der Waals surface area contributed by atoms with Crippen molar-refractivity contribution >= 4 is 6.91 Å². The van der Waals surface area contributed by atoms with E-state index in [0.717, 1.165) is 16.8 Å². The molecular formula is C15H11BO. The molecule has 2 heteroatoms. The second-order valence-electron chi connectivity index (χ2n) is 3.93. The molecule has 0 bridgehead atoms. The molecule has 3 rings (SSSR count). The first-order valence-corrected chi connectivity index (χ1v) is 5.63. The van der Waals surface area contributed by atoms with Gasteiger partial charge in [0.05, 0.1) is 0 Å². The zero-order valence-electron chi connectivity index (χ0n) is 9.34. The third-order valence-corrected chi connectivity index (χ3v) is 2.76. The average molecular weight is 218 g/mol. The fraction of sp³-hybridized carbons (Fsp3) is 0. The molecule has 0 radical (unpaired) electrons. The minimum absolute atomic E-state index is 0.907. The molecule has 0 aliphatic carbocycles. The summed E-state index contributed by atoms with van der Waals surface area (Å²) in [6, 6.07) is 18.4. The monoisotopic (exact) mass is 218 g/mol. The van der Waals surface area contributed by atoms with Crippen molar-refractivity contribution in [2.75, 3.05) is 0 Å². The van der Waals surface area contributed by atoms with Gasteiger partial charge in [0.15, 0.2) is 0 Å². The average Bonchev–Trinajstić information content (AvgIpc) is 2.90. The minimum atomic E-state index is 0.907. The first-order chi connectivity index (χ1) is 8.43. The van der Waals surface area contributed by atoms with Crippen molar-refractivity contribution in [3.05, 3.63) is 66.8 Å². The van der Waals surface area contributed by atoms with Crippen molar-refractivity contribution in [2.24, 2.45) is 0 Å². The van der Waals surface area contributed by atoms with E-state index in [1.807, 2.05) is 49.3 Å². The van der Waals surface area contributed by atoms with E-state index in [9.17, 15) is 0 Å². The second-order valence-corrected chi connectivity index (χ2v) is 3.93. The van der Waals surface area contributed by atoms with E-state index in [2.05, 4.69) is 18.2 Å². The molecule has 0 atom stereocenters. The van der Waals surface area contributed by atoms with Crippen LogP contribution in [0.2, 0.25) is 0 Å². The standard InChI is InChI=1S/C15H11BO/c1-2-6-12(7-3-1)13-10-15(17-11-13)14-8-4-5-9-16-14/h1-11H. The molecule has 0 unspecified atom stereocenters. The molecule has 0 saturated heterocycles. The SMILES string of the molecule is b1ccccc1-c1cc(-c2ccccc2)co1. The molecule has 2 heterocycles. The molecule has 17 heavy (non-hydrogen) atoms. The van der Waals surface area contributed by atoms with Crippen LogP contribution in [0.4, 0.5) is 0 Å². The van der Waals surface area contributed by atoms with E-state index >= 15 is 0 Å². The van der Waals surface area contributed by atoms with Crippen LogP contribution in [0.3, 0.4) is 0 Å². The van der Waals surface area contributed by atoms with Gasteiger partial charge in [0.2, 0.25) is 0 Å². The van der Waals surface area contributed by atoms with Crippen molar-refractivity contribution < 1.29 is 4.42 Å². The van der Waals surface area contributed by atoms with Gasteiger partial charge in [0.1, 0.15) is 0 Å². The summed E-state index contributed by atoms with van der Waals surface area (Å²) in [5.41, 5.74) is 3.40. The third-order valence-electron chi connectivity index (χ3n) is 2.76. The van der Waals surface area contributed by atoms with E-state index in [0.29, 0.717) is 0 Å². The quantitative estimate of drug-likeness (QED) is 0.634. The Balaban J connectivity index is 1.99. The first kappa shape index (κ1) is 10.1. The molecule has 3 aromatic rings. The van der Waals surface area contributed by atoms with Gasteiger partial charge in [-0.05, 0) is 0 Å². The predicted molar refractivity (Wildman–Crippen MR) is 70.9 cm³/mol. The molecule has 0 N–H and O–H groups in total. The number of hydrogen-bond acceptors (Lipinski definition) is 1. The van der Waals surface area contributed by atoms with Crippen LogP contribution >= 0.6 is 0 Å². The number of hydrogen-bond donors (Lipinski definition) is 0. The molecule has 0 fully saturated rings. The van der Waals surface area contributed by atoms with E-state index in [1.54, 1.807) is 6.26 Å². The molecule has 1 aromatic carbocycles. The Kier molecular flexibility index (Phi) is 2.62. The van der Waals surface area contributed by atoms with E-state index in [1.165, 1.54) is 5.56 Å². The molecule has 80 valence electrons. The molecule has 0 spiro atoms. The van der Waals surface area contributed by atoms with Crippen LogP contribution in [0.1, 0.15) is 0 Å². The Labute approximate surface area is 101 Å². The summed E-state index contributed by atoms with van der Waals surface area (Å²) in [5.74, 6) is 2.92. The summed E-state index contributed by atoms with van der Waals surface area (Å²) < 4.78 is 5.61. The van der Waals surface area contributed by atoms with Gasteiger partial charge in [-0.25, -0.2) is 0 Å². The molecular weight excluding hydrogens is 207 g/mol. The van der Waals surface area contributed by atoms with Crippen LogP contribution in [0.5, 0.6) is 0 Å². The molecule has 1 nitrogen and oxygen atoms in total. The Morgan fingerprint density at radius 3 is 2.41 bits per heavy atom. The third kappa shape index (κ3) is 2.07. The van der Waals surface area contributed by atoms with Gasteiger partial charge in [-0.2, -0.15) is 0 Å². The Morgan fingerprint density at radius 2 is 1.65 bits per heavy atom. The normalized spacial score (nSPS) is 10.1. The summed E-state index contributed by atoms with van der Waals surface area (Å²) in [6.07, 6.45) is 1.80. The number of furan rings is 1. The van der Waals surface area contributed by atoms with Gasteiger partial charge in [-0.15, -0.1) is 0 Å². The van der Waals surface area contributed by atoms with Crippen molar-refractivity contribution in [2.45, 2.75) is 0 Å². The maximum absolute atomic E-state index is 5.61. The Hall–Kier alpha value is -2.09. The Bertz CT molecular complexity index is 545. The summed E-state index contributed by atoms with van der Waals surface area (Å²) in [4.78, 5) is 0. The van der Waals surface area contributed by atoms with Crippen molar-refractivity contribution in [3.8, 4) is 22.3 Å². The van der Waals surface area contributed by atoms with Crippen molar-refractivity contribution in [3.63, 3.8) is 0 Å². The zero-order chi connectivity index (χ0) is 11.5. The summed E-state index contributed by atoms with van der Waals surface area (Å²) in [5, 5.41) is 0. The fourth-order valence-electron chi connectivity index (χ4n) is 1.87. The molecule has 2 aromatic heterocycles. The topological polar surface area (TPSA) is 13.1 Å². The summed E-state index contributed by atoms with van der Waals surface area (Å²) in [7, 11) is 0. The van der Waals surface area contributed by atoms with Crippen LogP contribution in [0, 0.1) is 0 Å². The molecule has 0 saturated carbocycles. The van der Waals surface area contributed by atoms with Gasteiger partial charge in [0, 0.05) is 0 Å². The fourth-order valence-corrected chi connectivity index (χ4v) is 1.87. The van der Waals surface area contributed by atoms with Crippen molar-refractivity contribution in [1.82, 2.24) is 0 Å².